The van der Waals surface area contributed by atoms with Crippen molar-refractivity contribution in [3.8, 4) is 0 Å². The molecule has 0 amide bonds. The van der Waals surface area contributed by atoms with Crippen LogP contribution in [0.25, 0.3) is 0 Å². The molecule has 0 radical (unpaired) electrons. The molecule has 2 rings (SSSR count). The third-order valence-corrected chi connectivity index (χ3v) is 4.70. The Labute approximate surface area is 108 Å². The van der Waals surface area contributed by atoms with Gasteiger partial charge < -0.3 is 5.11 Å². The monoisotopic (exact) mass is 291 g/mol. The zero-order valence-electron chi connectivity index (χ0n) is 9.69. The number of carbonyl (C=O) groups is 1. The van der Waals surface area contributed by atoms with Crippen molar-refractivity contribution in [2.24, 2.45) is 0 Å². The van der Waals surface area contributed by atoms with Crippen molar-refractivity contribution >= 4 is 16.0 Å². The number of nitrogens with one attached hydrogen (secondary N) is 1. The zero-order chi connectivity index (χ0) is 14.3. The van der Waals surface area contributed by atoms with Crippen molar-refractivity contribution in [3.63, 3.8) is 0 Å². The Balaban J connectivity index is 2.35. The van der Waals surface area contributed by atoms with Gasteiger partial charge in [0.15, 0.2) is 0 Å². The SMILES string of the molecule is O=C(O)C1(NS(=O)(=O)c2ccc(F)cc2F)CCC1. The van der Waals surface area contributed by atoms with Crippen LogP contribution in [0.3, 0.4) is 0 Å². The predicted molar refractivity (Wildman–Crippen MR) is 60.9 cm³/mol. The lowest BCUT2D eigenvalue weighted by Crippen LogP contribution is -2.59. The Morgan fingerprint density at radius 3 is 2.37 bits per heavy atom. The van der Waals surface area contributed by atoms with E-state index in [4.69, 9.17) is 5.11 Å². The Bertz CT molecular complexity index is 626. The molecule has 0 heterocycles. The summed E-state index contributed by atoms with van der Waals surface area (Å²) in [5.74, 6) is -3.47. The summed E-state index contributed by atoms with van der Waals surface area (Å²) in [5, 5.41) is 9.03. The van der Waals surface area contributed by atoms with Gasteiger partial charge in [0.05, 0.1) is 0 Å². The van der Waals surface area contributed by atoms with E-state index in [9.17, 15) is 22.0 Å². The first-order valence-electron chi connectivity index (χ1n) is 5.49. The van der Waals surface area contributed by atoms with E-state index < -0.39 is 38.1 Å². The van der Waals surface area contributed by atoms with E-state index >= 15 is 0 Å². The van der Waals surface area contributed by atoms with E-state index in [1.807, 2.05) is 4.72 Å². The predicted octanol–water partition coefficient (Wildman–Crippen LogP) is 1.25. The molecule has 0 aromatic heterocycles. The molecule has 104 valence electrons. The van der Waals surface area contributed by atoms with Crippen LogP contribution in [0.5, 0.6) is 0 Å². The summed E-state index contributed by atoms with van der Waals surface area (Å²) in [6.07, 6.45) is 0.857. The molecule has 2 N–H and O–H groups in total. The van der Waals surface area contributed by atoms with Gasteiger partial charge in [0.25, 0.3) is 0 Å². The number of carboxylic acids is 1. The summed E-state index contributed by atoms with van der Waals surface area (Å²) in [4.78, 5) is 10.3. The first-order chi connectivity index (χ1) is 8.77. The second-order valence-electron chi connectivity index (χ2n) is 4.42. The van der Waals surface area contributed by atoms with Gasteiger partial charge in [-0.1, -0.05) is 0 Å². The quantitative estimate of drug-likeness (QED) is 0.874. The molecule has 0 spiro atoms. The molecule has 1 saturated carbocycles. The highest BCUT2D eigenvalue weighted by molar-refractivity contribution is 7.89. The summed E-state index contributed by atoms with van der Waals surface area (Å²) >= 11 is 0. The molecule has 0 atom stereocenters. The molecule has 5 nitrogen and oxygen atoms in total. The molecule has 1 aromatic rings. The van der Waals surface area contributed by atoms with Crippen molar-refractivity contribution in [1.82, 2.24) is 4.72 Å². The van der Waals surface area contributed by atoms with Crippen LogP contribution in [0.15, 0.2) is 23.1 Å². The van der Waals surface area contributed by atoms with E-state index in [0.717, 1.165) is 12.1 Å². The minimum atomic E-state index is -4.34. The van der Waals surface area contributed by atoms with Gasteiger partial charge in [0.1, 0.15) is 22.1 Å². The minimum Gasteiger partial charge on any atom is -0.480 e. The minimum absolute atomic E-state index is 0.143. The summed E-state index contributed by atoms with van der Waals surface area (Å²) < 4.78 is 52.0. The fourth-order valence-corrected chi connectivity index (χ4v) is 3.37. The van der Waals surface area contributed by atoms with Crippen LogP contribution in [0.4, 0.5) is 8.78 Å². The molecule has 1 aliphatic carbocycles. The van der Waals surface area contributed by atoms with Crippen molar-refractivity contribution in [3.05, 3.63) is 29.8 Å². The van der Waals surface area contributed by atoms with E-state index in [0.29, 0.717) is 12.5 Å². The van der Waals surface area contributed by atoms with Gasteiger partial charge in [-0.25, -0.2) is 17.2 Å². The van der Waals surface area contributed by atoms with Crippen molar-refractivity contribution in [2.75, 3.05) is 0 Å². The highest BCUT2D eigenvalue weighted by Gasteiger charge is 2.47. The fourth-order valence-electron chi connectivity index (χ4n) is 1.90. The first kappa shape index (κ1) is 13.9. The molecule has 0 aliphatic heterocycles. The average Bonchev–Trinajstić information content (AvgIpc) is 2.22. The molecular formula is C11H11F2NO4S. The van der Waals surface area contributed by atoms with E-state index in [1.165, 1.54) is 0 Å². The highest BCUT2D eigenvalue weighted by Crippen LogP contribution is 2.34. The molecular weight excluding hydrogens is 280 g/mol. The lowest BCUT2D eigenvalue weighted by Gasteiger charge is -2.37. The van der Waals surface area contributed by atoms with Gasteiger partial charge in [-0.15, -0.1) is 0 Å². The number of aliphatic carboxylic acids is 1. The summed E-state index contributed by atoms with van der Waals surface area (Å²) in [6, 6.07) is 2.00. The Morgan fingerprint density at radius 1 is 1.32 bits per heavy atom. The summed E-state index contributed by atoms with van der Waals surface area (Å²) in [5.41, 5.74) is -1.58. The lowest BCUT2D eigenvalue weighted by molar-refractivity contribution is -0.147. The standard InChI is InChI=1S/C11H11F2NO4S/c12-7-2-3-9(8(13)6-7)19(17,18)14-11(10(15)16)4-1-5-11/h2-3,6,14H,1,4-5H2,(H,15,16). The largest absolute Gasteiger partial charge is 0.480 e. The molecule has 1 fully saturated rings. The van der Waals surface area contributed by atoms with Gasteiger partial charge in [0, 0.05) is 6.07 Å². The van der Waals surface area contributed by atoms with Crippen molar-refractivity contribution < 1.29 is 27.1 Å². The number of hydrogen-bond acceptors (Lipinski definition) is 3. The number of benzene rings is 1. The Kier molecular flexibility index (Phi) is 3.31. The van der Waals surface area contributed by atoms with Gasteiger partial charge in [0.2, 0.25) is 10.0 Å². The van der Waals surface area contributed by atoms with Gasteiger partial charge >= 0.3 is 5.97 Å². The van der Waals surface area contributed by atoms with E-state index in [2.05, 4.69) is 0 Å². The molecule has 1 aromatic carbocycles. The van der Waals surface area contributed by atoms with Crippen LogP contribution in [0, 0.1) is 11.6 Å². The molecule has 0 saturated heterocycles. The Morgan fingerprint density at radius 2 is 1.95 bits per heavy atom. The molecule has 0 bridgehead atoms. The van der Waals surface area contributed by atoms with Gasteiger partial charge in [-0.05, 0) is 31.4 Å². The number of sulfonamides is 1. The van der Waals surface area contributed by atoms with Crippen LogP contribution in [-0.4, -0.2) is 25.0 Å². The van der Waals surface area contributed by atoms with E-state index in [-0.39, 0.29) is 12.8 Å². The van der Waals surface area contributed by atoms with Gasteiger partial charge in [-0.2, -0.15) is 4.72 Å². The third-order valence-electron chi connectivity index (χ3n) is 3.13. The average molecular weight is 291 g/mol. The lowest BCUT2D eigenvalue weighted by atomic mass is 9.78. The smallest absolute Gasteiger partial charge is 0.324 e. The van der Waals surface area contributed by atoms with Gasteiger partial charge in [-0.3, -0.25) is 4.79 Å². The topological polar surface area (TPSA) is 83.5 Å². The Hall–Kier alpha value is -1.54. The summed E-state index contributed by atoms with van der Waals surface area (Å²) in [7, 11) is -4.34. The van der Waals surface area contributed by atoms with E-state index in [1.54, 1.807) is 0 Å². The second-order valence-corrected chi connectivity index (χ2v) is 6.07. The highest BCUT2D eigenvalue weighted by atomic mass is 32.2. The van der Waals surface area contributed by atoms with Crippen LogP contribution in [-0.2, 0) is 14.8 Å². The molecule has 0 unspecified atom stereocenters. The van der Waals surface area contributed by atoms with Crippen LogP contribution >= 0.6 is 0 Å². The number of hydrogen-bond donors (Lipinski definition) is 2. The second kappa shape index (κ2) is 4.53. The molecule has 19 heavy (non-hydrogen) atoms. The maximum atomic E-state index is 13.4. The normalized spacial score (nSPS) is 17.8. The maximum Gasteiger partial charge on any atom is 0.324 e. The van der Waals surface area contributed by atoms with Crippen LogP contribution in [0.1, 0.15) is 19.3 Å². The number of rotatable bonds is 4. The van der Waals surface area contributed by atoms with Crippen LogP contribution < -0.4 is 4.72 Å². The fraction of sp³-hybridized carbons (Fsp3) is 0.364. The van der Waals surface area contributed by atoms with Crippen molar-refractivity contribution in [1.29, 1.82) is 0 Å². The first-order valence-corrected chi connectivity index (χ1v) is 6.98. The maximum absolute atomic E-state index is 13.4. The van der Waals surface area contributed by atoms with Crippen LogP contribution in [0.2, 0.25) is 0 Å². The number of carboxylic acid groups (broad SMARTS) is 1. The van der Waals surface area contributed by atoms with Crippen molar-refractivity contribution in [2.45, 2.75) is 29.7 Å². The summed E-state index contributed by atoms with van der Waals surface area (Å²) in [6.45, 7) is 0. The molecule has 1 aliphatic rings. The molecule has 8 heteroatoms. The third kappa shape index (κ3) is 2.45. The number of halogens is 2. The zero-order valence-corrected chi connectivity index (χ0v) is 10.5.